The van der Waals surface area contributed by atoms with E-state index in [1.54, 1.807) is 11.6 Å². The normalized spacial score (nSPS) is 15.0. The molecular formula is C15H18N4O3S. The molecule has 1 aliphatic rings. The number of hydrogen-bond acceptors (Lipinski definition) is 5. The van der Waals surface area contributed by atoms with E-state index in [-0.39, 0.29) is 11.7 Å². The predicted octanol–water partition coefficient (Wildman–Crippen LogP) is 2.88. The second-order valence-corrected chi connectivity index (χ2v) is 6.74. The van der Waals surface area contributed by atoms with Crippen LogP contribution in [0.15, 0.2) is 17.5 Å². The van der Waals surface area contributed by atoms with E-state index in [2.05, 4.69) is 10.4 Å². The summed E-state index contributed by atoms with van der Waals surface area (Å²) in [5.74, 6) is -0.187. The molecule has 1 N–H and O–H groups in total. The number of aromatic nitrogens is 2. The van der Waals surface area contributed by atoms with E-state index in [0.29, 0.717) is 17.5 Å². The SMILES string of the molecule is Cc1cc([N+](=O)[O-])nn1Cc1csc(C(=O)NC2CCCC2)c1. The molecule has 0 saturated heterocycles. The highest BCUT2D eigenvalue weighted by atomic mass is 32.1. The Kier molecular flexibility index (Phi) is 4.42. The van der Waals surface area contributed by atoms with Gasteiger partial charge in [-0.2, -0.15) is 4.68 Å². The Labute approximate surface area is 137 Å². The smallest absolute Gasteiger partial charge is 0.358 e. The maximum absolute atomic E-state index is 12.2. The lowest BCUT2D eigenvalue weighted by Gasteiger charge is -2.10. The average molecular weight is 334 g/mol. The first-order chi connectivity index (χ1) is 11.0. The minimum atomic E-state index is -0.502. The number of carbonyl (C=O) groups is 1. The molecule has 0 radical (unpaired) electrons. The topological polar surface area (TPSA) is 90.1 Å². The third kappa shape index (κ3) is 3.58. The van der Waals surface area contributed by atoms with Crippen molar-refractivity contribution < 1.29 is 9.72 Å². The van der Waals surface area contributed by atoms with Gasteiger partial charge in [-0.3, -0.25) is 4.79 Å². The van der Waals surface area contributed by atoms with Gasteiger partial charge >= 0.3 is 5.82 Å². The molecule has 0 aliphatic heterocycles. The molecule has 0 spiro atoms. The van der Waals surface area contributed by atoms with Crippen molar-refractivity contribution in [1.82, 2.24) is 15.1 Å². The monoisotopic (exact) mass is 334 g/mol. The van der Waals surface area contributed by atoms with E-state index in [0.717, 1.165) is 24.1 Å². The van der Waals surface area contributed by atoms with Crippen LogP contribution in [0.1, 0.15) is 46.6 Å². The van der Waals surface area contributed by atoms with Crippen molar-refractivity contribution in [3.05, 3.63) is 43.8 Å². The maximum atomic E-state index is 12.2. The van der Waals surface area contributed by atoms with Gasteiger partial charge in [0.2, 0.25) is 0 Å². The summed E-state index contributed by atoms with van der Waals surface area (Å²) in [5, 5.41) is 19.7. The van der Waals surface area contributed by atoms with Crippen molar-refractivity contribution in [3.8, 4) is 0 Å². The van der Waals surface area contributed by atoms with Crippen molar-refractivity contribution in [1.29, 1.82) is 0 Å². The zero-order valence-electron chi connectivity index (χ0n) is 12.8. The van der Waals surface area contributed by atoms with Crippen LogP contribution >= 0.6 is 11.3 Å². The highest BCUT2D eigenvalue weighted by Crippen LogP contribution is 2.21. The van der Waals surface area contributed by atoms with Crippen LogP contribution in [0, 0.1) is 17.0 Å². The molecular weight excluding hydrogens is 316 g/mol. The Morgan fingerprint density at radius 2 is 2.22 bits per heavy atom. The molecule has 2 aromatic heterocycles. The van der Waals surface area contributed by atoms with E-state index >= 15 is 0 Å². The van der Waals surface area contributed by atoms with Gasteiger partial charge in [0.15, 0.2) is 0 Å². The van der Waals surface area contributed by atoms with Crippen LogP contribution in [0.3, 0.4) is 0 Å². The average Bonchev–Trinajstić information content (AvgIpc) is 3.21. The van der Waals surface area contributed by atoms with Crippen molar-refractivity contribution in [2.45, 2.75) is 45.2 Å². The van der Waals surface area contributed by atoms with Gasteiger partial charge in [0.25, 0.3) is 5.91 Å². The minimum Gasteiger partial charge on any atom is -0.358 e. The molecule has 7 nitrogen and oxygen atoms in total. The Bertz CT molecular complexity index is 731. The summed E-state index contributed by atoms with van der Waals surface area (Å²) in [6, 6.07) is 3.58. The second-order valence-electron chi connectivity index (χ2n) is 5.83. The highest BCUT2D eigenvalue weighted by molar-refractivity contribution is 7.12. The second kappa shape index (κ2) is 6.49. The fourth-order valence-corrected chi connectivity index (χ4v) is 3.63. The molecule has 0 bridgehead atoms. The fraction of sp³-hybridized carbons (Fsp3) is 0.467. The van der Waals surface area contributed by atoms with Crippen LogP contribution in [-0.2, 0) is 6.54 Å². The molecule has 0 aromatic carbocycles. The third-order valence-electron chi connectivity index (χ3n) is 4.06. The number of rotatable bonds is 5. The summed E-state index contributed by atoms with van der Waals surface area (Å²) in [6.45, 7) is 2.20. The van der Waals surface area contributed by atoms with Crippen LogP contribution in [-0.4, -0.2) is 26.7 Å². The first-order valence-corrected chi connectivity index (χ1v) is 8.48. The van der Waals surface area contributed by atoms with Crippen LogP contribution in [0.4, 0.5) is 5.82 Å². The Morgan fingerprint density at radius 3 is 2.87 bits per heavy atom. The first-order valence-electron chi connectivity index (χ1n) is 7.60. The zero-order chi connectivity index (χ0) is 16.4. The lowest BCUT2D eigenvalue weighted by atomic mass is 10.2. The van der Waals surface area contributed by atoms with Gasteiger partial charge in [-0.05, 0) is 41.7 Å². The molecule has 3 rings (SSSR count). The Hall–Kier alpha value is -2.22. The summed E-state index contributed by atoms with van der Waals surface area (Å²) in [5.41, 5.74) is 1.65. The van der Waals surface area contributed by atoms with Gasteiger partial charge in [0.1, 0.15) is 0 Å². The number of thiophene rings is 1. The number of amides is 1. The summed E-state index contributed by atoms with van der Waals surface area (Å²) in [7, 11) is 0. The number of nitrogens with zero attached hydrogens (tertiary/aromatic N) is 3. The lowest BCUT2D eigenvalue weighted by Crippen LogP contribution is -2.31. The van der Waals surface area contributed by atoms with Crippen molar-refractivity contribution in [2.75, 3.05) is 0 Å². The van der Waals surface area contributed by atoms with Crippen LogP contribution in [0.5, 0.6) is 0 Å². The van der Waals surface area contributed by atoms with Crippen molar-refractivity contribution in [3.63, 3.8) is 0 Å². The summed E-state index contributed by atoms with van der Waals surface area (Å²) in [6.07, 6.45) is 4.47. The third-order valence-corrected chi connectivity index (χ3v) is 5.03. The molecule has 23 heavy (non-hydrogen) atoms. The van der Waals surface area contributed by atoms with Crippen LogP contribution in [0.2, 0.25) is 0 Å². The molecule has 122 valence electrons. The summed E-state index contributed by atoms with van der Waals surface area (Å²) in [4.78, 5) is 23.1. The van der Waals surface area contributed by atoms with Gasteiger partial charge in [-0.1, -0.05) is 12.8 Å². The Morgan fingerprint density at radius 1 is 1.48 bits per heavy atom. The van der Waals surface area contributed by atoms with Crippen LogP contribution in [0.25, 0.3) is 0 Å². The van der Waals surface area contributed by atoms with E-state index in [4.69, 9.17) is 0 Å². The first kappa shape index (κ1) is 15.7. The predicted molar refractivity (Wildman–Crippen MR) is 86.8 cm³/mol. The standard InChI is InChI=1S/C15H18N4O3S/c1-10-6-14(19(21)22)17-18(10)8-11-7-13(23-9-11)15(20)16-12-4-2-3-5-12/h6-7,9,12H,2-5,8H2,1H3,(H,16,20). The van der Waals surface area contributed by atoms with E-state index in [1.807, 2.05) is 11.4 Å². The minimum absolute atomic E-state index is 0.0312. The van der Waals surface area contributed by atoms with E-state index < -0.39 is 4.92 Å². The quantitative estimate of drug-likeness (QED) is 0.672. The number of nitrogens with one attached hydrogen (secondary N) is 1. The largest absolute Gasteiger partial charge is 0.390 e. The summed E-state index contributed by atoms with van der Waals surface area (Å²) >= 11 is 1.39. The number of nitro groups is 1. The van der Waals surface area contributed by atoms with Crippen molar-refractivity contribution in [2.24, 2.45) is 0 Å². The fourth-order valence-electron chi connectivity index (χ4n) is 2.82. The highest BCUT2D eigenvalue weighted by Gasteiger charge is 2.20. The van der Waals surface area contributed by atoms with E-state index in [1.165, 1.54) is 30.2 Å². The number of hydrogen-bond donors (Lipinski definition) is 1. The zero-order valence-corrected chi connectivity index (χ0v) is 13.6. The molecule has 0 atom stereocenters. The number of aryl methyl sites for hydroxylation is 1. The molecule has 1 amide bonds. The van der Waals surface area contributed by atoms with Gasteiger partial charge in [-0.25, -0.2) is 0 Å². The molecule has 1 fully saturated rings. The van der Waals surface area contributed by atoms with Gasteiger partial charge < -0.3 is 15.4 Å². The summed E-state index contributed by atoms with van der Waals surface area (Å²) < 4.78 is 1.58. The van der Waals surface area contributed by atoms with E-state index in [9.17, 15) is 14.9 Å². The van der Waals surface area contributed by atoms with Gasteiger partial charge in [0, 0.05) is 6.04 Å². The molecule has 8 heteroatoms. The molecule has 0 unspecified atom stereocenters. The number of carbonyl (C=O) groups excluding carboxylic acids is 1. The maximum Gasteiger partial charge on any atom is 0.390 e. The van der Waals surface area contributed by atoms with Crippen molar-refractivity contribution >= 4 is 23.1 Å². The molecule has 1 saturated carbocycles. The molecule has 2 aromatic rings. The van der Waals surface area contributed by atoms with Gasteiger partial charge in [0.05, 0.1) is 28.3 Å². The Balaban J connectivity index is 1.67. The molecule has 1 aliphatic carbocycles. The lowest BCUT2D eigenvalue weighted by molar-refractivity contribution is -0.389. The molecule has 2 heterocycles. The van der Waals surface area contributed by atoms with Crippen LogP contribution < -0.4 is 5.32 Å². The van der Waals surface area contributed by atoms with Gasteiger partial charge in [-0.15, -0.1) is 11.3 Å².